The van der Waals surface area contributed by atoms with Crippen molar-refractivity contribution in [1.29, 1.82) is 0 Å². The first kappa shape index (κ1) is 22.6. The summed E-state index contributed by atoms with van der Waals surface area (Å²) in [5, 5.41) is 11.8. The van der Waals surface area contributed by atoms with Gasteiger partial charge in [0.25, 0.3) is 5.91 Å². The Morgan fingerprint density at radius 1 is 1.18 bits per heavy atom. The summed E-state index contributed by atoms with van der Waals surface area (Å²) in [7, 11) is 0. The van der Waals surface area contributed by atoms with Gasteiger partial charge in [0.1, 0.15) is 5.82 Å². The van der Waals surface area contributed by atoms with Crippen molar-refractivity contribution in [2.45, 2.75) is 38.0 Å². The molecule has 1 N–H and O–H groups in total. The van der Waals surface area contributed by atoms with Crippen LogP contribution in [0, 0.1) is 11.8 Å². The standard InChI is InChI=1S/C22H21ClF3N7O/c1-12-13-6-15(7-13)32(18(12)9-28-20-11-27-19(10-29-20)22(24,25)26)21(34)16-3-2-14(23)8-17(16)33-30-4-5-31-33/h2-5,8,10-13,15,18H,6-7,9H2,1H3,(H,28,29). The van der Waals surface area contributed by atoms with Crippen LogP contribution >= 0.6 is 11.6 Å². The van der Waals surface area contributed by atoms with Gasteiger partial charge in [0.2, 0.25) is 0 Å². The number of alkyl halides is 3. The molecule has 178 valence electrons. The number of hydrogen-bond acceptors (Lipinski definition) is 6. The number of nitrogens with zero attached hydrogens (tertiary/aromatic N) is 6. The van der Waals surface area contributed by atoms with Gasteiger partial charge in [-0.2, -0.15) is 28.2 Å². The average Bonchev–Trinajstić information content (AvgIpc) is 3.31. The molecule has 1 aliphatic carbocycles. The monoisotopic (exact) mass is 491 g/mol. The lowest BCUT2D eigenvalue weighted by molar-refractivity contribution is -0.141. The average molecular weight is 492 g/mol. The zero-order chi connectivity index (χ0) is 24.0. The molecule has 4 heterocycles. The van der Waals surface area contributed by atoms with E-state index in [-0.39, 0.29) is 29.7 Å². The number of hydrogen-bond donors (Lipinski definition) is 1. The Bertz CT molecular complexity index is 1180. The Morgan fingerprint density at radius 3 is 2.56 bits per heavy atom. The molecule has 8 nitrogen and oxygen atoms in total. The van der Waals surface area contributed by atoms with Gasteiger partial charge in [0.15, 0.2) is 5.69 Å². The predicted molar refractivity (Wildman–Crippen MR) is 118 cm³/mol. The molecule has 2 unspecified atom stereocenters. The Kier molecular flexibility index (Phi) is 5.67. The van der Waals surface area contributed by atoms with Gasteiger partial charge in [-0.05, 0) is 42.9 Å². The molecule has 2 atom stereocenters. The molecule has 2 saturated heterocycles. The number of amides is 1. The molecule has 3 aromatic rings. The fraction of sp³-hybridized carbons (Fsp3) is 0.409. The van der Waals surface area contributed by atoms with E-state index in [1.165, 1.54) is 17.2 Å². The van der Waals surface area contributed by atoms with Crippen LogP contribution in [-0.2, 0) is 6.18 Å². The second kappa shape index (κ2) is 8.53. The highest BCUT2D eigenvalue weighted by Crippen LogP contribution is 2.47. The number of piperidine rings is 2. The van der Waals surface area contributed by atoms with Gasteiger partial charge < -0.3 is 10.2 Å². The lowest BCUT2D eigenvalue weighted by Gasteiger charge is -2.57. The zero-order valence-electron chi connectivity index (χ0n) is 18.1. The molecule has 0 radical (unpaired) electrons. The van der Waals surface area contributed by atoms with Crippen molar-refractivity contribution in [3.8, 4) is 5.69 Å². The maximum absolute atomic E-state index is 13.8. The van der Waals surface area contributed by atoms with Crippen LogP contribution in [0.1, 0.15) is 35.8 Å². The highest BCUT2D eigenvalue weighted by Gasteiger charge is 2.50. The van der Waals surface area contributed by atoms with Crippen molar-refractivity contribution < 1.29 is 18.0 Å². The van der Waals surface area contributed by atoms with E-state index in [1.807, 2.05) is 4.90 Å². The molecular weight excluding hydrogens is 471 g/mol. The van der Waals surface area contributed by atoms with Crippen LogP contribution in [0.4, 0.5) is 19.0 Å². The minimum Gasteiger partial charge on any atom is -0.367 e. The normalized spacial score (nSPS) is 24.0. The van der Waals surface area contributed by atoms with E-state index in [0.29, 0.717) is 34.9 Å². The summed E-state index contributed by atoms with van der Waals surface area (Å²) in [6.07, 6.45) is 2.10. The minimum atomic E-state index is -4.55. The maximum atomic E-state index is 13.8. The lowest BCUT2D eigenvalue weighted by Crippen LogP contribution is -2.64. The summed E-state index contributed by atoms with van der Waals surface area (Å²) < 4.78 is 38.3. The van der Waals surface area contributed by atoms with Crippen molar-refractivity contribution >= 4 is 23.3 Å². The topological polar surface area (TPSA) is 88.8 Å². The van der Waals surface area contributed by atoms with E-state index in [0.717, 1.165) is 19.0 Å². The third-order valence-corrected chi connectivity index (χ3v) is 6.98. The molecule has 6 rings (SSSR count). The number of anilines is 1. The van der Waals surface area contributed by atoms with Crippen molar-refractivity contribution in [2.24, 2.45) is 11.8 Å². The second-order valence-electron chi connectivity index (χ2n) is 8.67. The quantitative estimate of drug-likeness (QED) is 0.578. The summed E-state index contributed by atoms with van der Waals surface area (Å²) >= 11 is 6.18. The number of nitrogens with one attached hydrogen (secondary N) is 1. The Hall–Kier alpha value is -3.21. The molecule has 3 aliphatic rings. The number of fused-ring (bicyclic) bond motifs is 2. The maximum Gasteiger partial charge on any atom is 0.434 e. The smallest absolute Gasteiger partial charge is 0.367 e. The predicted octanol–water partition coefficient (Wildman–Crippen LogP) is 4.08. The number of halogens is 4. The van der Waals surface area contributed by atoms with Gasteiger partial charge in [0, 0.05) is 17.6 Å². The number of carbonyl (C=O) groups excluding carboxylic acids is 1. The van der Waals surface area contributed by atoms with Crippen molar-refractivity contribution in [1.82, 2.24) is 29.9 Å². The Labute approximate surface area is 198 Å². The summed E-state index contributed by atoms with van der Waals surface area (Å²) in [5.41, 5.74) is -0.140. The van der Waals surface area contributed by atoms with Crippen LogP contribution in [-0.4, -0.2) is 54.4 Å². The van der Waals surface area contributed by atoms with Gasteiger partial charge in [-0.1, -0.05) is 18.5 Å². The summed E-state index contributed by atoms with van der Waals surface area (Å²) in [6, 6.07) is 4.89. The Morgan fingerprint density at radius 2 is 1.91 bits per heavy atom. The number of carbonyl (C=O) groups is 1. The molecule has 1 amide bonds. The van der Waals surface area contributed by atoms with E-state index in [4.69, 9.17) is 11.6 Å². The molecule has 1 aromatic carbocycles. The van der Waals surface area contributed by atoms with E-state index < -0.39 is 11.9 Å². The minimum absolute atomic E-state index is 0.0910. The molecule has 3 fully saturated rings. The first-order valence-electron chi connectivity index (χ1n) is 10.8. The summed E-state index contributed by atoms with van der Waals surface area (Å²) in [4.78, 5) is 24.3. The summed E-state index contributed by atoms with van der Waals surface area (Å²) in [5.74, 6) is 0.753. The van der Waals surface area contributed by atoms with Crippen LogP contribution in [0.5, 0.6) is 0 Å². The lowest BCUT2D eigenvalue weighted by atomic mass is 9.64. The molecule has 0 spiro atoms. The third kappa shape index (κ3) is 4.08. The van der Waals surface area contributed by atoms with Crippen LogP contribution < -0.4 is 5.32 Å². The molecule has 34 heavy (non-hydrogen) atoms. The fourth-order valence-electron chi connectivity index (χ4n) is 4.83. The third-order valence-electron chi connectivity index (χ3n) is 6.74. The summed E-state index contributed by atoms with van der Waals surface area (Å²) in [6.45, 7) is 2.44. The first-order valence-corrected chi connectivity index (χ1v) is 11.2. The van der Waals surface area contributed by atoms with Crippen LogP contribution in [0.3, 0.4) is 0 Å². The molecule has 2 aromatic heterocycles. The van der Waals surface area contributed by atoms with Gasteiger partial charge in [-0.25, -0.2) is 9.97 Å². The van der Waals surface area contributed by atoms with Crippen molar-refractivity contribution in [3.05, 3.63) is 59.3 Å². The van der Waals surface area contributed by atoms with Crippen molar-refractivity contribution in [2.75, 3.05) is 11.9 Å². The molecule has 2 aliphatic heterocycles. The van der Waals surface area contributed by atoms with Crippen LogP contribution in [0.2, 0.25) is 5.02 Å². The van der Waals surface area contributed by atoms with Gasteiger partial charge in [-0.15, -0.1) is 0 Å². The molecule has 12 heteroatoms. The SMILES string of the molecule is CC1C2CC(C2)N(C(=O)c2ccc(Cl)cc2-n2nccn2)C1CNc1cnc(C(F)(F)F)cn1. The van der Waals surface area contributed by atoms with E-state index in [2.05, 4.69) is 32.4 Å². The van der Waals surface area contributed by atoms with E-state index in [9.17, 15) is 18.0 Å². The largest absolute Gasteiger partial charge is 0.434 e. The number of aromatic nitrogens is 5. The molecule has 2 bridgehead atoms. The van der Waals surface area contributed by atoms with E-state index >= 15 is 0 Å². The van der Waals surface area contributed by atoms with Gasteiger partial charge >= 0.3 is 6.18 Å². The highest BCUT2D eigenvalue weighted by molar-refractivity contribution is 6.31. The number of benzene rings is 1. The highest BCUT2D eigenvalue weighted by atomic mass is 35.5. The van der Waals surface area contributed by atoms with Gasteiger partial charge in [-0.3, -0.25) is 4.79 Å². The van der Waals surface area contributed by atoms with Gasteiger partial charge in [0.05, 0.1) is 42.1 Å². The van der Waals surface area contributed by atoms with E-state index in [1.54, 1.807) is 18.2 Å². The van der Waals surface area contributed by atoms with Crippen LogP contribution in [0.25, 0.3) is 5.69 Å². The second-order valence-corrected chi connectivity index (χ2v) is 9.11. The zero-order valence-corrected chi connectivity index (χ0v) is 18.8. The molecule has 1 saturated carbocycles. The first-order chi connectivity index (χ1) is 16.2. The Balaban J connectivity index is 1.40. The van der Waals surface area contributed by atoms with Crippen molar-refractivity contribution in [3.63, 3.8) is 0 Å². The van der Waals surface area contributed by atoms with Crippen LogP contribution in [0.15, 0.2) is 43.0 Å². The fourth-order valence-corrected chi connectivity index (χ4v) is 5.00. The number of rotatable bonds is 5. The molecular formula is C22H21ClF3N7O.